The van der Waals surface area contributed by atoms with Gasteiger partial charge in [-0.05, 0) is 24.3 Å². The minimum atomic E-state index is -4.47. The molecule has 0 bridgehead atoms. The number of fused-ring (bicyclic) bond motifs is 1. The van der Waals surface area contributed by atoms with E-state index in [1.54, 1.807) is 17.4 Å². The molecule has 1 N–H and O–H groups in total. The van der Waals surface area contributed by atoms with E-state index in [1.165, 1.54) is 12.1 Å². The second kappa shape index (κ2) is 9.17. The molecule has 0 radical (unpaired) electrons. The zero-order valence-corrected chi connectivity index (χ0v) is 18.2. The maximum Gasteiger partial charge on any atom is 0.416 e. The summed E-state index contributed by atoms with van der Waals surface area (Å²) in [5.74, 6) is 0.198. The number of hydrogen-bond donors (Lipinski definition) is 1. The Morgan fingerprint density at radius 3 is 2.78 bits per heavy atom. The largest absolute Gasteiger partial charge is 0.416 e. The summed E-state index contributed by atoms with van der Waals surface area (Å²) in [6.45, 7) is 4.23. The van der Waals surface area contributed by atoms with Crippen molar-refractivity contribution in [1.29, 1.82) is 0 Å². The number of allylic oxidation sites excluding steroid dienone is 1. The van der Waals surface area contributed by atoms with Gasteiger partial charge < -0.3 is 5.32 Å². The number of aromatic nitrogens is 3. The highest BCUT2D eigenvalue weighted by Crippen LogP contribution is 2.34. The number of carbonyl (C=O) groups is 1. The van der Waals surface area contributed by atoms with Crippen LogP contribution in [0.2, 0.25) is 0 Å². The summed E-state index contributed by atoms with van der Waals surface area (Å²) in [6.07, 6.45) is -2.76. The number of hydrogen-bond acceptors (Lipinski definition) is 5. The molecule has 164 valence electrons. The predicted octanol–water partition coefficient (Wildman–Crippen LogP) is 6.10. The molecule has 0 aliphatic heterocycles. The lowest BCUT2D eigenvalue weighted by atomic mass is 10.1. The zero-order valence-electron chi connectivity index (χ0n) is 16.6. The number of rotatable bonds is 7. The normalized spacial score (nSPS) is 11.6. The minimum absolute atomic E-state index is 0.0318. The Labute approximate surface area is 190 Å². The monoisotopic (exact) mass is 474 g/mol. The van der Waals surface area contributed by atoms with Crippen LogP contribution in [0.1, 0.15) is 5.56 Å². The Kier molecular flexibility index (Phi) is 6.33. The van der Waals surface area contributed by atoms with Gasteiger partial charge in [0, 0.05) is 33.3 Å². The molecule has 2 heterocycles. The molecule has 0 atom stereocenters. The fourth-order valence-electron chi connectivity index (χ4n) is 3.14. The summed E-state index contributed by atoms with van der Waals surface area (Å²) >= 11 is 2.77. The molecular formula is C22H17F3N4OS2. The number of nitrogens with zero attached hydrogens (tertiary/aromatic N) is 3. The average Bonchev–Trinajstić information content (AvgIpc) is 3.36. The SMILES string of the molecule is C=CCn1c(SCC(=O)Nc2cccc(C(F)(F)F)c2)nnc1-c1csc2ccccc12. The summed E-state index contributed by atoms with van der Waals surface area (Å²) in [5.41, 5.74) is 0.213. The molecule has 0 spiro atoms. The first kappa shape index (κ1) is 22.1. The number of thioether (sulfide) groups is 1. The second-order valence-corrected chi connectivity index (χ2v) is 8.62. The highest BCUT2D eigenvalue weighted by atomic mass is 32.2. The lowest BCUT2D eigenvalue weighted by Crippen LogP contribution is -2.15. The fraction of sp³-hybridized carbons (Fsp3) is 0.136. The molecule has 0 fully saturated rings. The van der Waals surface area contributed by atoms with Crippen LogP contribution >= 0.6 is 23.1 Å². The molecule has 4 aromatic rings. The molecule has 1 amide bonds. The van der Waals surface area contributed by atoms with Crippen LogP contribution in [0.25, 0.3) is 21.5 Å². The Morgan fingerprint density at radius 2 is 2.00 bits per heavy atom. The van der Waals surface area contributed by atoms with Crippen LogP contribution in [0.4, 0.5) is 18.9 Å². The second-order valence-electron chi connectivity index (χ2n) is 6.77. The number of anilines is 1. The highest BCUT2D eigenvalue weighted by Gasteiger charge is 2.30. The van der Waals surface area contributed by atoms with Crippen molar-refractivity contribution >= 4 is 44.8 Å². The van der Waals surface area contributed by atoms with E-state index in [1.807, 2.05) is 34.2 Å². The van der Waals surface area contributed by atoms with Crippen molar-refractivity contribution in [3.8, 4) is 11.4 Å². The third-order valence-electron chi connectivity index (χ3n) is 4.56. The van der Waals surface area contributed by atoms with E-state index < -0.39 is 17.6 Å². The number of nitrogens with one attached hydrogen (secondary N) is 1. The fourth-order valence-corrected chi connectivity index (χ4v) is 4.83. The van der Waals surface area contributed by atoms with Crippen LogP contribution in [0.5, 0.6) is 0 Å². The minimum Gasteiger partial charge on any atom is -0.325 e. The molecule has 0 saturated carbocycles. The van der Waals surface area contributed by atoms with E-state index in [9.17, 15) is 18.0 Å². The summed E-state index contributed by atoms with van der Waals surface area (Å²) < 4.78 is 41.6. The van der Waals surface area contributed by atoms with Crippen molar-refractivity contribution < 1.29 is 18.0 Å². The van der Waals surface area contributed by atoms with Crippen LogP contribution < -0.4 is 5.32 Å². The van der Waals surface area contributed by atoms with Crippen LogP contribution in [0, 0.1) is 0 Å². The number of thiophene rings is 1. The lowest BCUT2D eigenvalue weighted by molar-refractivity contribution is -0.137. The van der Waals surface area contributed by atoms with E-state index in [0.717, 1.165) is 39.5 Å². The molecule has 10 heteroatoms. The van der Waals surface area contributed by atoms with E-state index in [0.29, 0.717) is 17.5 Å². The molecule has 32 heavy (non-hydrogen) atoms. The van der Waals surface area contributed by atoms with Crippen LogP contribution in [0.15, 0.2) is 71.7 Å². The quantitative estimate of drug-likeness (QED) is 0.260. The summed E-state index contributed by atoms with van der Waals surface area (Å²) in [7, 11) is 0. The van der Waals surface area contributed by atoms with Crippen molar-refractivity contribution in [3.05, 3.63) is 72.1 Å². The highest BCUT2D eigenvalue weighted by molar-refractivity contribution is 7.99. The van der Waals surface area contributed by atoms with Gasteiger partial charge in [0.05, 0.1) is 11.3 Å². The first-order valence-electron chi connectivity index (χ1n) is 9.47. The van der Waals surface area contributed by atoms with Gasteiger partial charge in [0.2, 0.25) is 5.91 Å². The first-order chi connectivity index (χ1) is 15.4. The van der Waals surface area contributed by atoms with Crippen molar-refractivity contribution in [1.82, 2.24) is 14.8 Å². The third kappa shape index (κ3) is 4.71. The van der Waals surface area contributed by atoms with E-state index in [4.69, 9.17) is 0 Å². The van der Waals surface area contributed by atoms with Gasteiger partial charge in [0.15, 0.2) is 11.0 Å². The Balaban J connectivity index is 1.50. The van der Waals surface area contributed by atoms with Gasteiger partial charge >= 0.3 is 6.18 Å². The molecule has 4 rings (SSSR count). The molecule has 0 aliphatic rings. The van der Waals surface area contributed by atoms with Crippen LogP contribution in [-0.2, 0) is 17.5 Å². The first-order valence-corrected chi connectivity index (χ1v) is 11.3. The van der Waals surface area contributed by atoms with Crippen LogP contribution in [0.3, 0.4) is 0 Å². The number of benzene rings is 2. The van der Waals surface area contributed by atoms with Crippen molar-refractivity contribution in [3.63, 3.8) is 0 Å². The van der Waals surface area contributed by atoms with Gasteiger partial charge in [-0.2, -0.15) is 13.2 Å². The van der Waals surface area contributed by atoms with Gasteiger partial charge in [0.25, 0.3) is 0 Å². The molecule has 0 aliphatic carbocycles. The molecule has 0 unspecified atom stereocenters. The van der Waals surface area contributed by atoms with Gasteiger partial charge in [-0.1, -0.05) is 42.1 Å². The zero-order chi connectivity index (χ0) is 22.7. The predicted molar refractivity (Wildman–Crippen MR) is 122 cm³/mol. The van der Waals surface area contributed by atoms with Crippen molar-refractivity contribution in [2.75, 3.05) is 11.1 Å². The summed E-state index contributed by atoms with van der Waals surface area (Å²) in [5, 5.41) is 14.7. The summed E-state index contributed by atoms with van der Waals surface area (Å²) in [4.78, 5) is 12.3. The molecule has 0 saturated heterocycles. The number of halogens is 3. The topological polar surface area (TPSA) is 59.8 Å². The lowest BCUT2D eigenvalue weighted by Gasteiger charge is -2.10. The van der Waals surface area contributed by atoms with Crippen molar-refractivity contribution in [2.24, 2.45) is 0 Å². The maximum atomic E-state index is 12.9. The van der Waals surface area contributed by atoms with E-state index in [2.05, 4.69) is 22.1 Å². The molecular weight excluding hydrogens is 457 g/mol. The van der Waals surface area contributed by atoms with Gasteiger partial charge in [0.1, 0.15) is 0 Å². The van der Waals surface area contributed by atoms with E-state index >= 15 is 0 Å². The van der Waals surface area contributed by atoms with Crippen LogP contribution in [-0.4, -0.2) is 26.4 Å². The Hall–Kier alpha value is -3.11. The Bertz CT molecular complexity index is 1280. The van der Waals surface area contributed by atoms with Gasteiger partial charge in [-0.3, -0.25) is 9.36 Å². The third-order valence-corrected chi connectivity index (χ3v) is 6.49. The smallest absolute Gasteiger partial charge is 0.325 e. The average molecular weight is 475 g/mol. The summed E-state index contributed by atoms with van der Waals surface area (Å²) in [6, 6.07) is 12.5. The number of carbonyl (C=O) groups excluding carboxylic acids is 1. The standard InChI is InChI=1S/C22H17F3N4OS2/c1-2-10-29-20(17-12-31-18-9-4-3-8-16(17)18)27-28-21(29)32-13-19(30)26-15-7-5-6-14(11-15)22(23,24)25/h2-9,11-12H,1,10,13H2,(H,26,30). The number of amides is 1. The van der Waals surface area contributed by atoms with Gasteiger partial charge in [-0.25, -0.2) is 0 Å². The molecule has 5 nitrogen and oxygen atoms in total. The number of alkyl halides is 3. The van der Waals surface area contributed by atoms with Gasteiger partial charge in [-0.15, -0.1) is 28.1 Å². The van der Waals surface area contributed by atoms with Crippen molar-refractivity contribution in [2.45, 2.75) is 17.9 Å². The maximum absolute atomic E-state index is 12.9. The Morgan fingerprint density at radius 1 is 1.19 bits per heavy atom. The molecule has 2 aromatic carbocycles. The molecule has 2 aromatic heterocycles. The van der Waals surface area contributed by atoms with E-state index in [-0.39, 0.29) is 11.4 Å².